The van der Waals surface area contributed by atoms with Gasteiger partial charge >= 0.3 is 0 Å². The molecule has 12 heavy (non-hydrogen) atoms. The van der Waals surface area contributed by atoms with E-state index in [0.717, 1.165) is 0 Å². The van der Waals surface area contributed by atoms with Gasteiger partial charge in [0.05, 0.1) is 0 Å². The standard InChI is InChI=1S/C7H7NO4/c9-7-4-2-1-3-6(7,12-7)5-8(10)11/h1-4,9H,5H2. The first-order valence-electron chi connectivity index (χ1n) is 3.49. The van der Waals surface area contributed by atoms with Crippen LogP contribution in [0.5, 0.6) is 0 Å². The largest absolute Gasteiger partial charge is 0.360 e. The number of rotatable bonds is 2. The minimum atomic E-state index is -1.44. The van der Waals surface area contributed by atoms with Crippen LogP contribution in [0.25, 0.3) is 0 Å². The van der Waals surface area contributed by atoms with Crippen molar-refractivity contribution in [2.45, 2.75) is 11.4 Å². The summed E-state index contributed by atoms with van der Waals surface area (Å²) in [5, 5.41) is 19.7. The Labute approximate surface area is 68.1 Å². The predicted molar refractivity (Wildman–Crippen MR) is 38.9 cm³/mol. The first kappa shape index (κ1) is 7.45. The number of fused-ring (bicyclic) bond motifs is 1. The summed E-state index contributed by atoms with van der Waals surface area (Å²) in [4.78, 5) is 9.70. The average molecular weight is 169 g/mol. The van der Waals surface area contributed by atoms with Crippen LogP contribution < -0.4 is 0 Å². The third-order valence-corrected chi connectivity index (χ3v) is 2.07. The zero-order valence-corrected chi connectivity index (χ0v) is 6.14. The molecular weight excluding hydrogens is 162 g/mol. The summed E-state index contributed by atoms with van der Waals surface area (Å²) in [7, 11) is 0. The highest BCUT2D eigenvalue weighted by atomic mass is 16.8. The molecule has 0 radical (unpaired) electrons. The van der Waals surface area contributed by atoms with E-state index in [9.17, 15) is 15.2 Å². The van der Waals surface area contributed by atoms with Crippen LogP contribution >= 0.6 is 0 Å². The maximum atomic E-state index is 10.2. The Balaban J connectivity index is 2.21. The summed E-state index contributed by atoms with van der Waals surface area (Å²) in [6.07, 6.45) is 6.16. The van der Waals surface area contributed by atoms with Crippen LogP contribution in [-0.4, -0.2) is 28.0 Å². The second-order valence-electron chi connectivity index (χ2n) is 2.90. The lowest BCUT2D eigenvalue weighted by molar-refractivity contribution is -0.486. The lowest BCUT2D eigenvalue weighted by Crippen LogP contribution is -2.31. The van der Waals surface area contributed by atoms with Gasteiger partial charge in [0.2, 0.25) is 17.9 Å². The minimum absolute atomic E-state index is 0.398. The molecule has 0 aromatic rings. The van der Waals surface area contributed by atoms with Crippen molar-refractivity contribution in [3.63, 3.8) is 0 Å². The normalized spacial score (nSPS) is 42.4. The van der Waals surface area contributed by atoms with E-state index >= 15 is 0 Å². The number of hydrogen-bond acceptors (Lipinski definition) is 4. The molecule has 5 nitrogen and oxygen atoms in total. The molecule has 1 aliphatic heterocycles. The lowest BCUT2D eigenvalue weighted by atomic mass is 9.98. The smallest absolute Gasteiger partial charge is 0.241 e. The molecule has 1 saturated heterocycles. The summed E-state index contributed by atoms with van der Waals surface area (Å²) < 4.78 is 4.90. The first-order chi connectivity index (χ1) is 5.58. The van der Waals surface area contributed by atoms with Crippen molar-refractivity contribution in [3.05, 3.63) is 34.4 Å². The minimum Gasteiger partial charge on any atom is -0.360 e. The van der Waals surface area contributed by atoms with Crippen molar-refractivity contribution < 1.29 is 14.8 Å². The number of epoxide rings is 1. The van der Waals surface area contributed by atoms with E-state index in [1.165, 1.54) is 12.2 Å². The van der Waals surface area contributed by atoms with Gasteiger partial charge in [0.15, 0.2) is 0 Å². The van der Waals surface area contributed by atoms with Gasteiger partial charge in [-0.15, -0.1) is 0 Å². The fourth-order valence-corrected chi connectivity index (χ4v) is 1.37. The fourth-order valence-electron chi connectivity index (χ4n) is 1.37. The first-order valence-corrected chi connectivity index (χ1v) is 3.49. The summed E-state index contributed by atoms with van der Waals surface area (Å²) >= 11 is 0. The molecule has 0 aromatic carbocycles. The van der Waals surface area contributed by atoms with Crippen LogP contribution in [-0.2, 0) is 4.74 Å². The number of nitro groups is 1. The molecule has 64 valence electrons. The highest BCUT2D eigenvalue weighted by Crippen LogP contribution is 2.49. The molecule has 2 aliphatic rings. The molecule has 0 spiro atoms. The molecule has 1 aliphatic carbocycles. The number of aliphatic hydroxyl groups is 1. The van der Waals surface area contributed by atoms with Crippen LogP contribution in [0.1, 0.15) is 0 Å². The Hall–Kier alpha value is -1.20. The van der Waals surface area contributed by atoms with Gasteiger partial charge in [0, 0.05) is 4.92 Å². The van der Waals surface area contributed by atoms with Crippen molar-refractivity contribution in [3.8, 4) is 0 Å². The third-order valence-electron chi connectivity index (χ3n) is 2.07. The Morgan fingerprint density at radius 1 is 1.50 bits per heavy atom. The van der Waals surface area contributed by atoms with Crippen LogP contribution in [0.15, 0.2) is 24.3 Å². The predicted octanol–water partition coefficient (Wildman–Crippen LogP) is -0.153. The SMILES string of the molecule is O=[N+]([O-])CC12C=CC=CC1(O)O2. The van der Waals surface area contributed by atoms with Gasteiger partial charge in [0.25, 0.3) is 0 Å². The Morgan fingerprint density at radius 3 is 2.75 bits per heavy atom. The number of hydrogen-bond donors (Lipinski definition) is 1. The maximum Gasteiger partial charge on any atom is 0.241 e. The molecule has 0 aromatic heterocycles. The van der Waals surface area contributed by atoms with Crippen molar-refractivity contribution in [1.29, 1.82) is 0 Å². The van der Waals surface area contributed by atoms with Crippen molar-refractivity contribution in [2.75, 3.05) is 6.54 Å². The highest BCUT2D eigenvalue weighted by molar-refractivity contribution is 5.35. The van der Waals surface area contributed by atoms with E-state index in [-0.39, 0.29) is 0 Å². The van der Waals surface area contributed by atoms with E-state index in [2.05, 4.69) is 0 Å². The monoisotopic (exact) mass is 169 g/mol. The van der Waals surface area contributed by atoms with Crippen molar-refractivity contribution >= 4 is 0 Å². The number of allylic oxidation sites excluding steroid dienone is 2. The molecule has 2 unspecified atom stereocenters. The zero-order valence-electron chi connectivity index (χ0n) is 6.14. The van der Waals surface area contributed by atoms with Gasteiger partial charge in [-0.25, -0.2) is 0 Å². The van der Waals surface area contributed by atoms with E-state index in [1.807, 2.05) is 0 Å². The molecule has 0 saturated carbocycles. The zero-order chi connectivity index (χ0) is 8.82. The van der Waals surface area contributed by atoms with Gasteiger partial charge < -0.3 is 9.84 Å². The van der Waals surface area contributed by atoms with Gasteiger partial charge in [0.1, 0.15) is 0 Å². The maximum absolute atomic E-state index is 10.2. The molecule has 1 heterocycles. The second-order valence-corrected chi connectivity index (χ2v) is 2.90. The van der Waals surface area contributed by atoms with Crippen LogP contribution in [0.2, 0.25) is 0 Å². The van der Waals surface area contributed by atoms with Crippen molar-refractivity contribution in [2.24, 2.45) is 0 Å². The van der Waals surface area contributed by atoms with Crippen LogP contribution in [0.4, 0.5) is 0 Å². The van der Waals surface area contributed by atoms with Crippen molar-refractivity contribution in [1.82, 2.24) is 0 Å². The molecule has 2 rings (SSSR count). The van der Waals surface area contributed by atoms with Crippen LogP contribution in [0, 0.1) is 10.1 Å². The van der Waals surface area contributed by atoms with Gasteiger partial charge in [-0.2, -0.15) is 0 Å². The van der Waals surface area contributed by atoms with E-state index in [1.54, 1.807) is 12.2 Å². The van der Waals surface area contributed by atoms with Crippen LogP contribution in [0.3, 0.4) is 0 Å². The Bertz CT molecular complexity index is 298. The van der Waals surface area contributed by atoms with Gasteiger partial charge in [-0.05, 0) is 12.2 Å². The van der Waals surface area contributed by atoms with Gasteiger partial charge in [-0.3, -0.25) is 10.1 Å². The summed E-state index contributed by atoms with van der Waals surface area (Å²) in [6, 6.07) is 0. The Kier molecular flexibility index (Phi) is 1.20. The molecular formula is C7H7NO4. The fraction of sp³-hybridized carbons (Fsp3) is 0.429. The summed E-state index contributed by atoms with van der Waals surface area (Å²) in [6.45, 7) is -0.398. The highest BCUT2D eigenvalue weighted by Gasteiger charge is 2.71. The molecule has 0 amide bonds. The summed E-state index contributed by atoms with van der Waals surface area (Å²) in [5.74, 6) is -1.44. The second kappa shape index (κ2) is 1.94. The Morgan fingerprint density at radius 2 is 2.17 bits per heavy atom. The number of ether oxygens (including phenoxy) is 1. The molecule has 5 heteroatoms. The average Bonchev–Trinajstić information content (AvgIpc) is 2.53. The van der Waals surface area contributed by atoms with E-state index in [0.29, 0.717) is 0 Å². The quantitative estimate of drug-likeness (QED) is 0.354. The topological polar surface area (TPSA) is 75.9 Å². The molecule has 1 N–H and O–H groups in total. The molecule has 1 fully saturated rings. The third kappa shape index (κ3) is 0.804. The van der Waals surface area contributed by atoms with Gasteiger partial charge in [-0.1, -0.05) is 12.2 Å². The molecule has 0 bridgehead atoms. The van der Waals surface area contributed by atoms with E-state index in [4.69, 9.17) is 4.74 Å². The lowest BCUT2D eigenvalue weighted by Gasteiger charge is -2.06. The number of nitrogens with zero attached hydrogens (tertiary/aromatic N) is 1. The van der Waals surface area contributed by atoms with E-state index < -0.39 is 22.9 Å². The molecule has 2 atom stereocenters. The summed E-state index contributed by atoms with van der Waals surface area (Å²) in [5.41, 5.74) is -1.11.